The zero-order valence-electron chi connectivity index (χ0n) is 13.2. The Kier molecular flexibility index (Phi) is 3.84. The molecular weight excluding hydrogens is 338 g/mol. The fourth-order valence-corrected chi connectivity index (χ4v) is 3.69. The highest BCUT2D eigenvalue weighted by atomic mass is 32.2. The molecule has 0 aliphatic carbocycles. The Labute approximate surface area is 144 Å². The van der Waals surface area contributed by atoms with Crippen LogP contribution in [0.1, 0.15) is 16.7 Å². The first-order valence-electron chi connectivity index (χ1n) is 7.20. The molecule has 0 saturated heterocycles. The quantitative estimate of drug-likeness (QED) is 0.623. The minimum absolute atomic E-state index is 0.0703. The van der Waals surface area contributed by atoms with Crippen molar-refractivity contribution in [1.29, 1.82) is 10.5 Å². The Bertz CT molecular complexity index is 1180. The van der Waals surface area contributed by atoms with Gasteiger partial charge in [0.1, 0.15) is 12.1 Å². The van der Waals surface area contributed by atoms with Gasteiger partial charge >= 0.3 is 0 Å². The summed E-state index contributed by atoms with van der Waals surface area (Å²) in [5.74, 6) is 0. The van der Waals surface area contributed by atoms with Gasteiger partial charge in [-0.25, -0.2) is 8.42 Å². The second-order valence-corrected chi connectivity index (χ2v) is 7.14. The predicted molar refractivity (Wildman–Crippen MR) is 94.1 cm³/mol. The number of rotatable bonds is 3. The third kappa shape index (κ3) is 2.75. The molecule has 1 heterocycles. The van der Waals surface area contributed by atoms with Crippen LogP contribution in [0.5, 0.6) is 0 Å². The molecule has 0 radical (unpaired) electrons. The summed E-state index contributed by atoms with van der Waals surface area (Å²) in [5, 5.41) is 18.9. The van der Waals surface area contributed by atoms with Crippen molar-refractivity contribution in [3.05, 3.63) is 53.2 Å². The molecule has 0 unspecified atom stereocenters. The summed E-state index contributed by atoms with van der Waals surface area (Å²) in [6.45, 7) is 1.84. The van der Waals surface area contributed by atoms with Crippen molar-refractivity contribution in [2.45, 2.75) is 11.8 Å². The number of nitriles is 2. The largest absolute Gasteiger partial charge is 0.398 e. The molecule has 0 bridgehead atoms. The van der Waals surface area contributed by atoms with Gasteiger partial charge in [0.25, 0.3) is 10.0 Å². The van der Waals surface area contributed by atoms with Crippen molar-refractivity contribution in [1.82, 2.24) is 4.98 Å². The van der Waals surface area contributed by atoms with E-state index in [1.54, 1.807) is 12.1 Å². The van der Waals surface area contributed by atoms with Crippen molar-refractivity contribution in [2.75, 3.05) is 10.5 Å². The summed E-state index contributed by atoms with van der Waals surface area (Å²) in [6, 6.07) is 11.2. The number of fused-ring (bicyclic) bond motifs is 1. The Hall–Kier alpha value is -3.49. The first-order chi connectivity index (χ1) is 11.9. The van der Waals surface area contributed by atoms with Gasteiger partial charge in [-0.15, -0.1) is 0 Å². The summed E-state index contributed by atoms with van der Waals surface area (Å²) in [7, 11) is -3.92. The number of hydrogen-bond acceptors (Lipinski definition) is 5. The van der Waals surface area contributed by atoms with E-state index in [4.69, 9.17) is 11.0 Å². The van der Waals surface area contributed by atoms with Gasteiger partial charge in [0.2, 0.25) is 0 Å². The van der Waals surface area contributed by atoms with Gasteiger partial charge in [0.15, 0.2) is 0 Å². The highest BCUT2D eigenvalue weighted by Crippen LogP contribution is 2.30. The molecule has 0 spiro atoms. The molecule has 0 atom stereocenters. The summed E-state index contributed by atoms with van der Waals surface area (Å²) in [6.07, 6.45) is 1.53. The lowest BCUT2D eigenvalue weighted by Crippen LogP contribution is -2.13. The van der Waals surface area contributed by atoms with Crippen LogP contribution in [0, 0.1) is 29.6 Å². The molecule has 0 fully saturated rings. The van der Waals surface area contributed by atoms with E-state index in [-0.39, 0.29) is 16.1 Å². The maximum atomic E-state index is 12.6. The first-order valence-corrected chi connectivity index (χ1v) is 8.69. The van der Waals surface area contributed by atoms with Crippen LogP contribution in [-0.4, -0.2) is 13.4 Å². The zero-order valence-corrected chi connectivity index (χ0v) is 14.0. The third-order valence-corrected chi connectivity index (χ3v) is 5.23. The van der Waals surface area contributed by atoms with Crippen LogP contribution in [0.3, 0.4) is 0 Å². The topological polar surface area (TPSA) is 136 Å². The summed E-state index contributed by atoms with van der Waals surface area (Å²) < 4.78 is 27.8. The van der Waals surface area contributed by atoms with E-state index in [0.717, 1.165) is 5.56 Å². The Balaban J connectivity index is 2.10. The third-order valence-electron chi connectivity index (χ3n) is 3.86. The van der Waals surface area contributed by atoms with Gasteiger partial charge in [-0.2, -0.15) is 10.5 Å². The van der Waals surface area contributed by atoms with E-state index < -0.39 is 10.0 Å². The van der Waals surface area contributed by atoms with E-state index in [1.807, 2.05) is 13.0 Å². The molecule has 8 heteroatoms. The fourth-order valence-electron chi connectivity index (χ4n) is 2.60. The van der Waals surface area contributed by atoms with E-state index in [9.17, 15) is 13.7 Å². The Morgan fingerprint density at radius 2 is 1.84 bits per heavy atom. The fraction of sp³-hybridized carbons (Fsp3) is 0.0588. The second-order valence-electron chi connectivity index (χ2n) is 5.46. The number of benzene rings is 2. The highest BCUT2D eigenvalue weighted by molar-refractivity contribution is 7.92. The Morgan fingerprint density at radius 1 is 1.12 bits per heavy atom. The van der Waals surface area contributed by atoms with Gasteiger partial charge in [0.05, 0.1) is 27.2 Å². The number of aromatic nitrogens is 1. The minimum atomic E-state index is -3.92. The molecule has 7 nitrogen and oxygen atoms in total. The van der Waals surface area contributed by atoms with Crippen molar-refractivity contribution in [3.63, 3.8) is 0 Å². The van der Waals surface area contributed by atoms with Crippen LogP contribution < -0.4 is 10.5 Å². The van der Waals surface area contributed by atoms with Crippen molar-refractivity contribution in [2.24, 2.45) is 0 Å². The summed E-state index contributed by atoms with van der Waals surface area (Å²) in [5.41, 5.74) is 8.06. The van der Waals surface area contributed by atoms with Crippen LogP contribution >= 0.6 is 0 Å². The molecule has 4 N–H and O–H groups in total. The number of sulfonamides is 1. The van der Waals surface area contributed by atoms with Gasteiger partial charge in [0, 0.05) is 17.3 Å². The lowest BCUT2D eigenvalue weighted by Gasteiger charge is -2.11. The number of nitrogens with two attached hydrogens (primary N) is 1. The molecule has 0 aliphatic rings. The average Bonchev–Trinajstić information content (AvgIpc) is 3.03. The number of nitrogens with zero attached hydrogens (tertiary/aromatic N) is 2. The van der Waals surface area contributed by atoms with Crippen LogP contribution in [0.15, 0.2) is 41.4 Å². The van der Waals surface area contributed by atoms with Gasteiger partial charge in [-0.3, -0.25) is 4.72 Å². The smallest absolute Gasteiger partial charge is 0.262 e. The maximum Gasteiger partial charge on any atom is 0.262 e. The molecule has 25 heavy (non-hydrogen) atoms. The molecular formula is C17H13N5O2S. The number of hydrogen-bond donors (Lipinski definition) is 3. The molecule has 0 saturated carbocycles. The number of nitrogen functional groups attached to an aromatic ring is 1. The molecule has 0 amide bonds. The number of anilines is 2. The van der Waals surface area contributed by atoms with E-state index in [0.29, 0.717) is 22.2 Å². The Morgan fingerprint density at radius 3 is 2.52 bits per heavy atom. The molecule has 2 aromatic carbocycles. The van der Waals surface area contributed by atoms with Crippen molar-refractivity contribution >= 4 is 32.3 Å². The highest BCUT2D eigenvalue weighted by Gasteiger charge is 2.19. The average molecular weight is 351 g/mol. The van der Waals surface area contributed by atoms with Crippen LogP contribution in [-0.2, 0) is 10.0 Å². The number of aromatic amines is 1. The van der Waals surface area contributed by atoms with Crippen LogP contribution in [0.4, 0.5) is 11.4 Å². The standard InChI is InChI=1S/C17H13N5O2S/c1-10-2-5-15(17-16(10)12(8-19)9-21-17)22-25(23,24)13-3-4-14(20)11(6-13)7-18/h2-6,9,21-22H,20H2,1H3. The first kappa shape index (κ1) is 16.4. The van der Waals surface area contributed by atoms with Crippen LogP contribution in [0.2, 0.25) is 0 Å². The van der Waals surface area contributed by atoms with E-state index >= 15 is 0 Å². The van der Waals surface area contributed by atoms with Crippen molar-refractivity contribution in [3.8, 4) is 12.1 Å². The lowest BCUT2D eigenvalue weighted by atomic mass is 10.1. The summed E-state index contributed by atoms with van der Waals surface area (Å²) >= 11 is 0. The van der Waals surface area contributed by atoms with Crippen LogP contribution in [0.25, 0.3) is 10.9 Å². The molecule has 3 rings (SSSR count). The molecule has 124 valence electrons. The lowest BCUT2D eigenvalue weighted by molar-refractivity contribution is 0.601. The second kappa shape index (κ2) is 5.86. The number of aryl methyl sites for hydroxylation is 1. The monoisotopic (exact) mass is 351 g/mol. The van der Waals surface area contributed by atoms with Gasteiger partial charge in [-0.05, 0) is 36.8 Å². The minimum Gasteiger partial charge on any atom is -0.398 e. The maximum absolute atomic E-state index is 12.6. The van der Waals surface area contributed by atoms with E-state index in [2.05, 4.69) is 15.8 Å². The summed E-state index contributed by atoms with van der Waals surface area (Å²) in [4.78, 5) is 2.86. The SMILES string of the molecule is Cc1ccc(NS(=O)(=O)c2ccc(N)c(C#N)c2)c2[nH]cc(C#N)c12. The van der Waals surface area contributed by atoms with E-state index in [1.165, 1.54) is 24.4 Å². The normalized spacial score (nSPS) is 11.0. The number of nitrogens with one attached hydrogen (secondary N) is 2. The molecule has 0 aliphatic heterocycles. The molecule has 3 aromatic rings. The molecule has 1 aromatic heterocycles. The number of H-pyrrole nitrogens is 1. The zero-order chi connectivity index (χ0) is 18.2. The predicted octanol–water partition coefficient (Wildman–Crippen LogP) is 2.60. The van der Waals surface area contributed by atoms with Crippen molar-refractivity contribution < 1.29 is 8.42 Å². The van der Waals surface area contributed by atoms with Gasteiger partial charge in [-0.1, -0.05) is 6.07 Å². The van der Waals surface area contributed by atoms with Gasteiger partial charge < -0.3 is 10.7 Å².